The Balaban J connectivity index is 1.26. The zero-order valence-electron chi connectivity index (χ0n) is 16.6. The Bertz CT molecular complexity index is 1140. The highest BCUT2D eigenvalue weighted by Gasteiger charge is 2.26. The van der Waals surface area contributed by atoms with Gasteiger partial charge in [-0.1, -0.05) is 24.3 Å². The number of hydrogen-bond donors (Lipinski definition) is 1. The standard InChI is InChI=1S/C23H25N5O/c1-16-8-9-17-14-24-28(21(17)13-16)12-10-22(29)27-11-4-5-18(15-27)23-25-19-6-2-3-7-20(19)26-23/h2-3,6-9,13-14,18H,4-5,10-12,15H2,1H3,(H,25,26). The Hall–Kier alpha value is -3.15. The van der Waals surface area contributed by atoms with Crippen molar-refractivity contribution < 1.29 is 4.79 Å². The first-order valence-corrected chi connectivity index (χ1v) is 10.3. The van der Waals surface area contributed by atoms with Gasteiger partial charge in [-0.05, 0) is 43.5 Å². The van der Waals surface area contributed by atoms with Crippen molar-refractivity contribution in [2.24, 2.45) is 0 Å². The van der Waals surface area contributed by atoms with Crippen molar-refractivity contribution in [2.75, 3.05) is 13.1 Å². The number of fused-ring (bicyclic) bond motifs is 2. The maximum absolute atomic E-state index is 12.9. The first-order valence-electron chi connectivity index (χ1n) is 10.3. The summed E-state index contributed by atoms with van der Waals surface area (Å²) in [6.45, 7) is 4.25. The van der Waals surface area contributed by atoms with Crippen molar-refractivity contribution in [1.82, 2.24) is 24.6 Å². The molecule has 0 aliphatic carbocycles. The van der Waals surface area contributed by atoms with E-state index in [-0.39, 0.29) is 11.8 Å². The number of imidazole rings is 1. The number of aromatic nitrogens is 4. The van der Waals surface area contributed by atoms with Crippen LogP contribution in [0.3, 0.4) is 0 Å². The van der Waals surface area contributed by atoms with E-state index < -0.39 is 0 Å². The Morgan fingerprint density at radius 2 is 2.14 bits per heavy atom. The Morgan fingerprint density at radius 1 is 1.24 bits per heavy atom. The van der Waals surface area contributed by atoms with Crippen LogP contribution >= 0.6 is 0 Å². The molecule has 1 amide bonds. The molecule has 1 aliphatic heterocycles. The van der Waals surface area contributed by atoms with Crippen molar-refractivity contribution in [2.45, 2.75) is 38.6 Å². The fourth-order valence-electron chi connectivity index (χ4n) is 4.31. The normalized spacial score (nSPS) is 17.3. The summed E-state index contributed by atoms with van der Waals surface area (Å²) in [4.78, 5) is 23.1. The number of amides is 1. The van der Waals surface area contributed by atoms with Crippen molar-refractivity contribution in [1.29, 1.82) is 0 Å². The second-order valence-electron chi connectivity index (χ2n) is 8.00. The molecule has 2 aromatic carbocycles. The fraction of sp³-hybridized carbons (Fsp3) is 0.348. The van der Waals surface area contributed by atoms with Gasteiger partial charge < -0.3 is 9.88 Å². The summed E-state index contributed by atoms with van der Waals surface area (Å²) in [6.07, 6.45) is 4.42. The van der Waals surface area contributed by atoms with Crippen LogP contribution in [0.15, 0.2) is 48.7 Å². The summed E-state index contributed by atoms with van der Waals surface area (Å²) < 4.78 is 1.95. The number of aromatic amines is 1. The van der Waals surface area contributed by atoms with Gasteiger partial charge in [-0.25, -0.2) is 4.98 Å². The van der Waals surface area contributed by atoms with Crippen LogP contribution in [0.1, 0.15) is 36.6 Å². The maximum Gasteiger partial charge on any atom is 0.224 e. The lowest BCUT2D eigenvalue weighted by molar-refractivity contribution is -0.132. The van der Waals surface area contributed by atoms with Crippen molar-refractivity contribution in [3.63, 3.8) is 0 Å². The smallest absolute Gasteiger partial charge is 0.224 e. The molecule has 4 aromatic rings. The number of para-hydroxylation sites is 2. The molecule has 6 nitrogen and oxygen atoms in total. The number of nitrogens with zero attached hydrogens (tertiary/aromatic N) is 4. The van der Waals surface area contributed by atoms with E-state index in [9.17, 15) is 4.79 Å². The van der Waals surface area contributed by atoms with Gasteiger partial charge >= 0.3 is 0 Å². The summed E-state index contributed by atoms with van der Waals surface area (Å²) in [7, 11) is 0. The molecule has 1 aliphatic rings. The number of carbonyl (C=O) groups is 1. The Kier molecular flexibility index (Phi) is 4.54. The number of hydrogen-bond acceptors (Lipinski definition) is 3. The molecule has 0 radical (unpaired) electrons. The van der Waals surface area contributed by atoms with Gasteiger partial charge in [-0.3, -0.25) is 9.48 Å². The van der Waals surface area contributed by atoms with E-state index in [0.717, 1.165) is 53.7 Å². The number of H-pyrrole nitrogens is 1. The van der Waals surface area contributed by atoms with Gasteiger partial charge in [-0.15, -0.1) is 0 Å². The number of rotatable bonds is 4. The molecular formula is C23H25N5O. The van der Waals surface area contributed by atoms with Crippen LogP contribution in [-0.4, -0.2) is 43.6 Å². The molecule has 0 spiro atoms. The van der Waals surface area contributed by atoms with E-state index in [1.807, 2.05) is 40.0 Å². The zero-order valence-corrected chi connectivity index (χ0v) is 16.6. The van der Waals surface area contributed by atoms with Crippen LogP contribution in [-0.2, 0) is 11.3 Å². The molecule has 0 saturated carbocycles. The highest BCUT2D eigenvalue weighted by Crippen LogP contribution is 2.27. The average molecular weight is 387 g/mol. The molecule has 1 N–H and O–H groups in total. The largest absolute Gasteiger partial charge is 0.342 e. The number of nitrogens with one attached hydrogen (secondary N) is 1. The molecule has 2 aromatic heterocycles. The van der Waals surface area contributed by atoms with Crippen molar-refractivity contribution in [3.8, 4) is 0 Å². The highest BCUT2D eigenvalue weighted by molar-refractivity contribution is 5.80. The van der Waals surface area contributed by atoms with Gasteiger partial charge in [-0.2, -0.15) is 5.10 Å². The Morgan fingerprint density at radius 3 is 3.03 bits per heavy atom. The fourth-order valence-corrected chi connectivity index (χ4v) is 4.31. The number of likely N-dealkylation sites (tertiary alicyclic amines) is 1. The summed E-state index contributed by atoms with van der Waals surface area (Å²) in [5, 5.41) is 5.59. The number of piperidine rings is 1. The highest BCUT2D eigenvalue weighted by atomic mass is 16.2. The third kappa shape index (κ3) is 3.50. The minimum atomic E-state index is 0.196. The molecule has 1 atom stereocenters. The van der Waals surface area contributed by atoms with E-state index in [1.54, 1.807) is 0 Å². The monoisotopic (exact) mass is 387 g/mol. The molecule has 1 saturated heterocycles. The molecule has 5 rings (SSSR count). The predicted octanol–water partition coefficient (Wildman–Crippen LogP) is 4.02. The SMILES string of the molecule is Cc1ccc2cnn(CCC(=O)N3CCCC(c4nc5ccccc5[nH]4)C3)c2c1. The molecule has 6 heteroatoms. The first-order chi connectivity index (χ1) is 14.2. The summed E-state index contributed by atoms with van der Waals surface area (Å²) in [5.74, 6) is 1.47. The van der Waals surface area contributed by atoms with E-state index >= 15 is 0 Å². The van der Waals surface area contributed by atoms with Gasteiger partial charge in [0.1, 0.15) is 5.82 Å². The quantitative estimate of drug-likeness (QED) is 0.575. The average Bonchev–Trinajstić information content (AvgIpc) is 3.36. The van der Waals surface area contributed by atoms with E-state index in [4.69, 9.17) is 4.98 Å². The molecular weight excluding hydrogens is 362 g/mol. The molecule has 0 bridgehead atoms. The lowest BCUT2D eigenvalue weighted by Gasteiger charge is -2.32. The first kappa shape index (κ1) is 17.9. The number of aryl methyl sites for hydroxylation is 2. The van der Waals surface area contributed by atoms with E-state index in [0.29, 0.717) is 13.0 Å². The summed E-state index contributed by atoms with van der Waals surface area (Å²) in [5.41, 5.74) is 4.35. The molecule has 29 heavy (non-hydrogen) atoms. The van der Waals surface area contributed by atoms with E-state index in [1.165, 1.54) is 5.56 Å². The summed E-state index contributed by atoms with van der Waals surface area (Å²) in [6, 6.07) is 14.4. The topological polar surface area (TPSA) is 66.8 Å². The minimum absolute atomic E-state index is 0.196. The van der Waals surface area contributed by atoms with Gasteiger partial charge in [0.15, 0.2) is 0 Å². The van der Waals surface area contributed by atoms with Crippen LogP contribution in [0.2, 0.25) is 0 Å². The van der Waals surface area contributed by atoms with Crippen LogP contribution in [0.25, 0.3) is 21.9 Å². The lowest BCUT2D eigenvalue weighted by Crippen LogP contribution is -2.39. The van der Waals surface area contributed by atoms with Crippen LogP contribution in [0.5, 0.6) is 0 Å². The second kappa shape index (κ2) is 7.35. The number of carbonyl (C=O) groups excluding carboxylic acids is 1. The van der Waals surface area contributed by atoms with Gasteiger partial charge in [0.25, 0.3) is 0 Å². The second-order valence-corrected chi connectivity index (χ2v) is 8.00. The van der Waals surface area contributed by atoms with Crippen molar-refractivity contribution in [3.05, 3.63) is 60.0 Å². The molecule has 148 valence electrons. The van der Waals surface area contributed by atoms with Crippen LogP contribution in [0, 0.1) is 6.92 Å². The third-order valence-corrected chi connectivity index (χ3v) is 5.91. The summed E-state index contributed by atoms with van der Waals surface area (Å²) >= 11 is 0. The minimum Gasteiger partial charge on any atom is -0.342 e. The molecule has 3 heterocycles. The van der Waals surface area contributed by atoms with Crippen LogP contribution < -0.4 is 0 Å². The van der Waals surface area contributed by atoms with Crippen LogP contribution in [0.4, 0.5) is 0 Å². The predicted molar refractivity (Wildman–Crippen MR) is 114 cm³/mol. The maximum atomic E-state index is 12.9. The molecule has 1 fully saturated rings. The van der Waals surface area contributed by atoms with Gasteiger partial charge in [0, 0.05) is 30.8 Å². The lowest BCUT2D eigenvalue weighted by atomic mass is 9.97. The third-order valence-electron chi connectivity index (χ3n) is 5.91. The molecule has 1 unspecified atom stereocenters. The van der Waals surface area contributed by atoms with E-state index in [2.05, 4.69) is 35.2 Å². The van der Waals surface area contributed by atoms with Gasteiger partial charge in [0.2, 0.25) is 5.91 Å². The van der Waals surface area contributed by atoms with Gasteiger partial charge in [0.05, 0.1) is 29.3 Å². The van der Waals surface area contributed by atoms with Crippen molar-refractivity contribution >= 4 is 27.8 Å². The number of benzene rings is 2. The zero-order chi connectivity index (χ0) is 19.8. The Labute approximate surface area is 169 Å².